The van der Waals surface area contributed by atoms with Crippen molar-refractivity contribution in [1.82, 2.24) is 9.55 Å². The first-order valence-corrected chi connectivity index (χ1v) is 8.79. The predicted molar refractivity (Wildman–Crippen MR) is 111 cm³/mol. The van der Waals surface area contributed by atoms with Crippen molar-refractivity contribution in [2.45, 2.75) is 0 Å². The molecule has 0 aliphatic rings. The Morgan fingerprint density at radius 3 is 2.50 bits per heavy atom. The summed E-state index contributed by atoms with van der Waals surface area (Å²) >= 11 is 0. The van der Waals surface area contributed by atoms with Gasteiger partial charge in [-0.2, -0.15) is 0 Å². The molecular formula is C23H18N2O3. The molecule has 5 nitrogen and oxygen atoms in total. The number of benzene rings is 3. The maximum Gasteiger partial charge on any atom is 0.266 e. The summed E-state index contributed by atoms with van der Waals surface area (Å²) < 4.78 is 6.78. The van der Waals surface area contributed by atoms with E-state index in [1.165, 1.54) is 0 Å². The van der Waals surface area contributed by atoms with Gasteiger partial charge in [0.05, 0.1) is 23.7 Å². The smallest absolute Gasteiger partial charge is 0.266 e. The third kappa shape index (κ3) is 3.25. The molecule has 0 aliphatic carbocycles. The van der Waals surface area contributed by atoms with E-state index < -0.39 is 0 Å². The van der Waals surface area contributed by atoms with Crippen molar-refractivity contribution >= 4 is 23.1 Å². The van der Waals surface area contributed by atoms with E-state index in [1.54, 1.807) is 48.1 Å². The minimum atomic E-state index is -0.147. The number of methoxy groups -OCH3 is 1. The van der Waals surface area contributed by atoms with Gasteiger partial charge in [0.1, 0.15) is 17.3 Å². The van der Waals surface area contributed by atoms with Gasteiger partial charge < -0.3 is 9.84 Å². The lowest BCUT2D eigenvalue weighted by molar-refractivity contribution is 0.412. The van der Waals surface area contributed by atoms with Gasteiger partial charge in [-0.3, -0.25) is 9.36 Å². The molecule has 138 valence electrons. The monoisotopic (exact) mass is 370 g/mol. The fourth-order valence-electron chi connectivity index (χ4n) is 3.05. The normalized spacial score (nSPS) is 11.2. The van der Waals surface area contributed by atoms with Gasteiger partial charge in [0.25, 0.3) is 5.56 Å². The lowest BCUT2D eigenvalue weighted by atomic mass is 10.1. The van der Waals surface area contributed by atoms with E-state index in [0.717, 1.165) is 5.69 Å². The van der Waals surface area contributed by atoms with Crippen LogP contribution in [0.2, 0.25) is 0 Å². The second-order valence-corrected chi connectivity index (χ2v) is 6.22. The lowest BCUT2D eigenvalue weighted by Crippen LogP contribution is -2.22. The Morgan fingerprint density at radius 1 is 0.964 bits per heavy atom. The zero-order valence-corrected chi connectivity index (χ0v) is 15.2. The van der Waals surface area contributed by atoms with E-state index in [1.807, 2.05) is 48.5 Å². The number of nitrogens with zero attached hydrogens (tertiary/aromatic N) is 2. The van der Waals surface area contributed by atoms with Gasteiger partial charge in [0.15, 0.2) is 0 Å². The van der Waals surface area contributed by atoms with Crippen LogP contribution in [0.15, 0.2) is 77.6 Å². The summed E-state index contributed by atoms with van der Waals surface area (Å²) in [4.78, 5) is 17.8. The lowest BCUT2D eigenvalue weighted by Gasteiger charge is -2.11. The van der Waals surface area contributed by atoms with Crippen LogP contribution in [-0.4, -0.2) is 21.8 Å². The van der Waals surface area contributed by atoms with Crippen molar-refractivity contribution in [2.75, 3.05) is 7.11 Å². The fourth-order valence-corrected chi connectivity index (χ4v) is 3.05. The van der Waals surface area contributed by atoms with Gasteiger partial charge in [-0.05, 0) is 54.6 Å². The van der Waals surface area contributed by atoms with Gasteiger partial charge in [0.2, 0.25) is 0 Å². The van der Waals surface area contributed by atoms with Gasteiger partial charge in [-0.15, -0.1) is 0 Å². The number of aromatic hydroxyl groups is 1. The SMILES string of the molecule is COc1ccc(O)c(/C=C/c2nc3ccccc3c(=O)n2-c2ccccc2)c1. The quantitative estimate of drug-likeness (QED) is 0.583. The Balaban J connectivity index is 1.92. The van der Waals surface area contributed by atoms with Crippen LogP contribution in [0.25, 0.3) is 28.7 Å². The van der Waals surface area contributed by atoms with Gasteiger partial charge >= 0.3 is 0 Å². The standard InChI is InChI=1S/C23H18N2O3/c1-28-18-12-13-21(26)16(15-18)11-14-22-24-20-10-6-5-9-19(20)23(27)25(22)17-7-3-2-4-8-17/h2-15,26H,1H3/b14-11+. The van der Waals surface area contributed by atoms with Crippen LogP contribution in [0.1, 0.15) is 11.4 Å². The number of fused-ring (bicyclic) bond motifs is 1. The molecule has 0 radical (unpaired) electrons. The molecule has 0 fully saturated rings. The number of aromatic nitrogens is 2. The first-order chi connectivity index (χ1) is 13.7. The van der Waals surface area contributed by atoms with Crippen LogP contribution in [-0.2, 0) is 0 Å². The van der Waals surface area contributed by atoms with Crippen molar-refractivity contribution in [3.63, 3.8) is 0 Å². The summed E-state index contributed by atoms with van der Waals surface area (Å²) in [5.41, 5.74) is 1.77. The molecule has 0 bridgehead atoms. The zero-order valence-electron chi connectivity index (χ0n) is 15.2. The Kier molecular flexibility index (Phi) is 4.64. The minimum absolute atomic E-state index is 0.117. The van der Waals surface area contributed by atoms with Gasteiger partial charge in [-0.25, -0.2) is 4.98 Å². The molecule has 0 saturated carbocycles. The highest BCUT2D eigenvalue weighted by molar-refractivity contribution is 5.80. The number of para-hydroxylation sites is 2. The van der Waals surface area contributed by atoms with Crippen LogP contribution >= 0.6 is 0 Å². The van der Waals surface area contributed by atoms with E-state index in [0.29, 0.717) is 28.0 Å². The van der Waals surface area contributed by atoms with Crippen molar-refractivity contribution in [2.24, 2.45) is 0 Å². The molecule has 3 aromatic carbocycles. The first kappa shape index (κ1) is 17.5. The minimum Gasteiger partial charge on any atom is -0.507 e. The zero-order chi connectivity index (χ0) is 19.5. The number of ether oxygens (including phenoxy) is 1. The summed E-state index contributed by atoms with van der Waals surface area (Å²) in [6.07, 6.45) is 3.43. The van der Waals surface area contributed by atoms with E-state index in [-0.39, 0.29) is 11.3 Å². The summed E-state index contributed by atoms with van der Waals surface area (Å²) in [5, 5.41) is 10.7. The third-order valence-corrected chi connectivity index (χ3v) is 4.46. The predicted octanol–water partition coefficient (Wildman–Crippen LogP) is 4.27. The number of hydrogen-bond acceptors (Lipinski definition) is 4. The Bertz CT molecular complexity index is 1230. The molecule has 1 N–H and O–H groups in total. The number of phenols is 1. The molecule has 0 unspecified atom stereocenters. The molecular weight excluding hydrogens is 352 g/mol. The molecule has 0 spiro atoms. The second kappa shape index (κ2) is 7.40. The third-order valence-electron chi connectivity index (χ3n) is 4.46. The average molecular weight is 370 g/mol. The summed E-state index contributed by atoms with van der Waals surface area (Å²) in [6.45, 7) is 0. The summed E-state index contributed by atoms with van der Waals surface area (Å²) in [7, 11) is 1.57. The average Bonchev–Trinajstić information content (AvgIpc) is 2.74. The van der Waals surface area contributed by atoms with Crippen LogP contribution in [0.5, 0.6) is 11.5 Å². The number of phenolic OH excluding ortho intramolecular Hbond substituents is 1. The molecule has 1 aromatic heterocycles. The van der Waals surface area contributed by atoms with Crippen LogP contribution in [0.3, 0.4) is 0 Å². The Hall–Kier alpha value is -3.86. The first-order valence-electron chi connectivity index (χ1n) is 8.79. The van der Waals surface area contributed by atoms with Crippen molar-refractivity contribution in [3.05, 3.63) is 94.5 Å². The molecule has 1 heterocycles. The second-order valence-electron chi connectivity index (χ2n) is 6.22. The maximum atomic E-state index is 13.1. The maximum absolute atomic E-state index is 13.1. The van der Waals surface area contributed by atoms with Crippen LogP contribution in [0, 0.1) is 0 Å². The highest BCUT2D eigenvalue weighted by Gasteiger charge is 2.11. The molecule has 4 aromatic rings. The van der Waals surface area contributed by atoms with Crippen LogP contribution < -0.4 is 10.3 Å². The molecule has 4 rings (SSSR count). The largest absolute Gasteiger partial charge is 0.507 e. The molecule has 0 saturated heterocycles. The molecule has 5 heteroatoms. The molecule has 0 aliphatic heterocycles. The molecule has 0 amide bonds. The van der Waals surface area contributed by atoms with E-state index in [9.17, 15) is 9.90 Å². The number of rotatable bonds is 4. The Labute approximate surface area is 161 Å². The molecule has 0 atom stereocenters. The van der Waals surface area contributed by atoms with Crippen molar-refractivity contribution < 1.29 is 9.84 Å². The van der Waals surface area contributed by atoms with E-state index >= 15 is 0 Å². The van der Waals surface area contributed by atoms with Crippen LogP contribution in [0.4, 0.5) is 0 Å². The number of hydrogen-bond donors (Lipinski definition) is 1. The summed E-state index contributed by atoms with van der Waals surface area (Å²) in [5.74, 6) is 1.22. The van der Waals surface area contributed by atoms with E-state index in [4.69, 9.17) is 4.74 Å². The summed E-state index contributed by atoms with van der Waals surface area (Å²) in [6, 6.07) is 21.6. The molecule has 28 heavy (non-hydrogen) atoms. The fraction of sp³-hybridized carbons (Fsp3) is 0.0435. The van der Waals surface area contributed by atoms with Crippen molar-refractivity contribution in [3.8, 4) is 17.2 Å². The van der Waals surface area contributed by atoms with Gasteiger partial charge in [-0.1, -0.05) is 30.3 Å². The Morgan fingerprint density at radius 2 is 1.71 bits per heavy atom. The highest BCUT2D eigenvalue weighted by Crippen LogP contribution is 2.25. The topological polar surface area (TPSA) is 64.3 Å². The highest BCUT2D eigenvalue weighted by atomic mass is 16.5. The van der Waals surface area contributed by atoms with E-state index in [2.05, 4.69) is 4.98 Å². The van der Waals surface area contributed by atoms with Crippen molar-refractivity contribution in [1.29, 1.82) is 0 Å². The van der Waals surface area contributed by atoms with Gasteiger partial charge in [0, 0.05) is 5.56 Å².